The summed E-state index contributed by atoms with van der Waals surface area (Å²) in [6.07, 6.45) is 0. The first kappa shape index (κ1) is 12.1. The Bertz CT molecular complexity index is 413. The second-order valence-electron chi connectivity index (χ2n) is 3.71. The third kappa shape index (κ3) is 2.35. The molecule has 2 N–H and O–H groups in total. The van der Waals surface area contributed by atoms with Crippen LogP contribution in [0.1, 0.15) is 20.7 Å². The molecule has 4 nitrogen and oxygen atoms in total. The number of amides is 2. The zero-order valence-electron chi connectivity index (χ0n) is 9.39. The summed E-state index contributed by atoms with van der Waals surface area (Å²) in [6.45, 7) is 1.07. The van der Waals surface area contributed by atoms with Gasteiger partial charge in [-0.25, -0.2) is 0 Å². The minimum atomic E-state index is -0.182. The van der Waals surface area contributed by atoms with Crippen molar-refractivity contribution in [2.45, 2.75) is 0 Å². The maximum absolute atomic E-state index is 11.9. The highest BCUT2D eigenvalue weighted by molar-refractivity contribution is 7.99. The Hall–Kier alpha value is -1.33. The van der Waals surface area contributed by atoms with Crippen molar-refractivity contribution in [1.29, 1.82) is 0 Å². The fourth-order valence-electron chi connectivity index (χ4n) is 1.78. The van der Waals surface area contributed by atoms with Gasteiger partial charge in [0.05, 0.1) is 11.1 Å². The van der Waals surface area contributed by atoms with Crippen LogP contribution in [0, 0.1) is 0 Å². The zero-order chi connectivity index (χ0) is 12.3. The van der Waals surface area contributed by atoms with Crippen molar-refractivity contribution >= 4 is 23.6 Å². The number of rotatable bonds is 5. The lowest BCUT2D eigenvalue weighted by atomic mass is 10.1. The van der Waals surface area contributed by atoms with Crippen LogP contribution >= 0.6 is 11.8 Å². The third-order valence-electron chi connectivity index (χ3n) is 2.60. The molecule has 0 atom stereocenters. The average molecular weight is 250 g/mol. The summed E-state index contributed by atoms with van der Waals surface area (Å²) in [4.78, 5) is 25.2. The molecule has 5 heteroatoms. The van der Waals surface area contributed by atoms with E-state index in [0.717, 1.165) is 11.5 Å². The topological polar surface area (TPSA) is 63.4 Å². The number of carbonyl (C=O) groups excluding carboxylic acids is 2. The summed E-state index contributed by atoms with van der Waals surface area (Å²) in [5.74, 6) is 1.23. The highest BCUT2D eigenvalue weighted by Gasteiger charge is 2.34. The van der Waals surface area contributed by atoms with Gasteiger partial charge in [0.25, 0.3) is 11.8 Å². The Morgan fingerprint density at radius 3 is 2.18 bits per heavy atom. The van der Waals surface area contributed by atoms with E-state index in [0.29, 0.717) is 24.2 Å². The molecule has 0 aromatic heterocycles. The summed E-state index contributed by atoms with van der Waals surface area (Å²) in [5, 5.41) is 0. The molecule has 0 unspecified atom stereocenters. The number of fused-ring (bicyclic) bond motifs is 1. The van der Waals surface area contributed by atoms with Gasteiger partial charge in [-0.05, 0) is 12.1 Å². The lowest BCUT2D eigenvalue weighted by molar-refractivity contribution is 0.0664. The summed E-state index contributed by atoms with van der Waals surface area (Å²) >= 11 is 1.65. The number of hydrogen-bond donors (Lipinski definition) is 1. The first-order chi connectivity index (χ1) is 8.25. The van der Waals surface area contributed by atoms with Crippen molar-refractivity contribution in [1.82, 2.24) is 4.90 Å². The molecule has 1 heterocycles. The number of nitrogens with two attached hydrogens (primary N) is 1. The highest BCUT2D eigenvalue weighted by Crippen LogP contribution is 2.22. The van der Waals surface area contributed by atoms with Gasteiger partial charge in [0.1, 0.15) is 0 Å². The average Bonchev–Trinajstić information content (AvgIpc) is 2.60. The summed E-state index contributed by atoms with van der Waals surface area (Å²) in [5.41, 5.74) is 6.41. The number of thioether (sulfide) groups is 1. The van der Waals surface area contributed by atoms with E-state index in [9.17, 15) is 9.59 Å². The van der Waals surface area contributed by atoms with Crippen LogP contribution in [0.5, 0.6) is 0 Å². The molecule has 0 saturated heterocycles. The Balaban J connectivity index is 2.03. The van der Waals surface area contributed by atoms with Crippen LogP contribution < -0.4 is 5.73 Å². The van der Waals surface area contributed by atoms with E-state index < -0.39 is 0 Å². The maximum Gasteiger partial charge on any atom is 0.261 e. The molecule has 2 rings (SSSR count). The molecule has 0 radical (unpaired) electrons. The monoisotopic (exact) mass is 250 g/mol. The minimum Gasteiger partial charge on any atom is -0.330 e. The van der Waals surface area contributed by atoms with Gasteiger partial charge in [0, 0.05) is 24.6 Å². The van der Waals surface area contributed by atoms with Gasteiger partial charge in [0.2, 0.25) is 0 Å². The normalized spacial score (nSPS) is 14.3. The fraction of sp³-hybridized carbons (Fsp3) is 0.333. The Morgan fingerprint density at radius 1 is 1.06 bits per heavy atom. The van der Waals surface area contributed by atoms with Crippen molar-refractivity contribution in [2.75, 3.05) is 24.6 Å². The molecule has 0 saturated carbocycles. The summed E-state index contributed by atoms with van der Waals surface area (Å²) in [6, 6.07) is 6.94. The quantitative estimate of drug-likeness (QED) is 0.625. The number of imide groups is 1. The van der Waals surface area contributed by atoms with E-state index >= 15 is 0 Å². The number of carbonyl (C=O) groups is 2. The molecule has 1 aliphatic heterocycles. The molecule has 0 aliphatic carbocycles. The van der Waals surface area contributed by atoms with Gasteiger partial charge in [-0.3, -0.25) is 14.5 Å². The first-order valence-corrected chi connectivity index (χ1v) is 6.64. The maximum atomic E-state index is 11.9. The Kier molecular flexibility index (Phi) is 3.81. The molecular formula is C12H14N2O2S. The molecule has 17 heavy (non-hydrogen) atoms. The largest absolute Gasteiger partial charge is 0.330 e. The molecular weight excluding hydrogens is 236 g/mol. The van der Waals surface area contributed by atoms with Crippen LogP contribution in [0.4, 0.5) is 0 Å². The van der Waals surface area contributed by atoms with Crippen LogP contribution in [-0.2, 0) is 0 Å². The van der Waals surface area contributed by atoms with Gasteiger partial charge >= 0.3 is 0 Å². The molecule has 1 aliphatic rings. The van der Waals surface area contributed by atoms with E-state index in [1.165, 1.54) is 4.90 Å². The van der Waals surface area contributed by atoms with Gasteiger partial charge in [-0.2, -0.15) is 11.8 Å². The molecule has 90 valence electrons. The molecule has 1 aromatic rings. The second-order valence-corrected chi connectivity index (χ2v) is 4.93. The molecule has 0 bridgehead atoms. The van der Waals surface area contributed by atoms with E-state index in [1.807, 2.05) is 0 Å². The summed E-state index contributed by atoms with van der Waals surface area (Å²) in [7, 11) is 0. The Morgan fingerprint density at radius 2 is 1.65 bits per heavy atom. The highest BCUT2D eigenvalue weighted by atomic mass is 32.2. The van der Waals surface area contributed by atoms with Crippen LogP contribution in [-0.4, -0.2) is 41.3 Å². The van der Waals surface area contributed by atoms with Crippen LogP contribution in [0.15, 0.2) is 24.3 Å². The number of nitrogens with zero attached hydrogens (tertiary/aromatic N) is 1. The molecule has 1 aromatic carbocycles. The smallest absolute Gasteiger partial charge is 0.261 e. The van der Waals surface area contributed by atoms with E-state index in [2.05, 4.69) is 0 Å². The first-order valence-electron chi connectivity index (χ1n) is 5.48. The summed E-state index contributed by atoms with van der Waals surface area (Å²) < 4.78 is 0. The molecule has 2 amide bonds. The van der Waals surface area contributed by atoms with Gasteiger partial charge in [-0.1, -0.05) is 12.1 Å². The van der Waals surface area contributed by atoms with Crippen LogP contribution in [0.25, 0.3) is 0 Å². The predicted molar refractivity (Wildman–Crippen MR) is 68.2 cm³/mol. The Labute approximate surface area is 104 Å². The van der Waals surface area contributed by atoms with Gasteiger partial charge in [-0.15, -0.1) is 0 Å². The van der Waals surface area contributed by atoms with E-state index in [-0.39, 0.29) is 11.8 Å². The zero-order valence-corrected chi connectivity index (χ0v) is 10.2. The predicted octanol–water partition coefficient (Wildman–Crippen LogP) is 0.974. The SMILES string of the molecule is NCCSCCN1C(=O)c2ccccc2C1=O. The fourth-order valence-corrected chi connectivity index (χ4v) is 2.47. The third-order valence-corrected chi connectivity index (χ3v) is 3.60. The minimum absolute atomic E-state index is 0.182. The van der Waals surface area contributed by atoms with Crippen molar-refractivity contribution in [3.63, 3.8) is 0 Å². The number of benzene rings is 1. The molecule has 0 spiro atoms. The van der Waals surface area contributed by atoms with E-state index in [4.69, 9.17) is 5.73 Å². The standard InChI is InChI=1S/C12H14N2O2S/c13-5-7-17-8-6-14-11(15)9-3-1-2-4-10(9)12(14)16/h1-4H,5-8,13H2. The van der Waals surface area contributed by atoms with Crippen molar-refractivity contribution in [3.05, 3.63) is 35.4 Å². The lowest BCUT2D eigenvalue weighted by Crippen LogP contribution is -2.32. The van der Waals surface area contributed by atoms with Crippen LogP contribution in [0.2, 0.25) is 0 Å². The van der Waals surface area contributed by atoms with Crippen molar-refractivity contribution in [2.24, 2.45) is 5.73 Å². The van der Waals surface area contributed by atoms with Gasteiger partial charge in [0.15, 0.2) is 0 Å². The van der Waals surface area contributed by atoms with Crippen molar-refractivity contribution in [3.8, 4) is 0 Å². The number of hydrogen-bond acceptors (Lipinski definition) is 4. The lowest BCUT2D eigenvalue weighted by Gasteiger charge is -2.12. The molecule has 0 fully saturated rings. The van der Waals surface area contributed by atoms with Gasteiger partial charge < -0.3 is 5.73 Å². The van der Waals surface area contributed by atoms with E-state index in [1.54, 1.807) is 36.0 Å². The van der Waals surface area contributed by atoms with Crippen LogP contribution in [0.3, 0.4) is 0 Å². The second kappa shape index (κ2) is 5.33. The van der Waals surface area contributed by atoms with Crippen molar-refractivity contribution < 1.29 is 9.59 Å².